The van der Waals surface area contributed by atoms with Crippen molar-refractivity contribution in [3.63, 3.8) is 0 Å². The van der Waals surface area contributed by atoms with Crippen LogP contribution in [0, 0.1) is 5.41 Å². The minimum Gasteiger partial charge on any atom is -0.497 e. The minimum absolute atomic E-state index is 0.00449. The lowest BCUT2D eigenvalue weighted by atomic mass is 9.93. The summed E-state index contributed by atoms with van der Waals surface area (Å²) in [5, 5.41) is 0. The summed E-state index contributed by atoms with van der Waals surface area (Å²) < 4.78 is 9.95. The van der Waals surface area contributed by atoms with Crippen molar-refractivity contribution in [1.82, 2.24) is 9.80 Å². The fourth-order valence-corrected chi connectivity index (χ4v) is 2.68. The molecule has 6 heteroatoms. The molecule has 146 valence electrons. The van der Waals surface area contributed by atoms with Gasteiger partial charge in [0.15, 0.2) is 0 Å². The molecule has 0 aliphatic rings. The summed E-state index contributed by atoms with van der Waals surface area (Å²) in [6, 6.07) is 7.84. The SMILES string of the molecule is COC(=O)CCN(CC(c1ccc(OC)cc1)N(C)C)C(=O)C(C)(C)C. The molecule has 0 bridgehead atoms. The topological polar surface area (TPSA) is 59.1 Å². The summed E-state index contributed by atoms with van der Waals surface area (Å²) in [5.74, 6) is 0.490. The van der Waals surface area contributed by atoms with Gasteiger partial charge in [-0.25, -0.2) is 0 Å². The number of ether oxygens (including phenoxy) is 2. The van der Waals surface area contributed by atoms with E-state index >= 15 is 0 Å². The van der Waals surface area contributed by atoms with Gasteiger partial charge in [0.25, 0.3) is 0 Å². The van der Waals surface area contributed by atoms with Crippen LogP contribution in [0.1, 0.15) is 38.8 Å². The van der Waals surface area contributed by atoms with Gasteiger partial charge in [0.2, 0.25) is 5.91 Å². The molecule has 0 aliphatic heterocycles. The van der Waals surface area contributed by atoms with E-state index < -0.39 is 5.41 Å². The Morgan fingerprint density at radius 2 is 1.65 bits per heavy atom. The van der Waals surface area contributed by atoms with Crippen molar-refractivity contribution >= 4 is 11.9 Å². The second kappa shape index (κ2) is 9.57. The Morgan fingerprint density at radius 1 is 1.08 bits per heavy atom. The van der Waals surface area contributed by atoms with Crippen molar-refractivity contribution in [2.24, 2.45) is 5.41 Å². The van der Waals surface area contributed by atoms with Gasteiger partial charge in [-0.2, -0.15) is 0 Å². The lowest BCUT2D eigenvalue weighted by Crippen LogP contribution is -2.44. The number of methoxy groups -OCH3 is 2. The molecule has 0 aliphatic carbocycles. The van der Waals surface area contributed by atoms with E-state index in [-0.39, 0.29) is 24.3 Å². The van der Waals surface area contributed by atoms with Crippen molar-refractivity contribution in [3.05, 3.63) is 29.8 Å². The van der Waals surface area contributed by atoms with Gasteiger partial charge in [-0.15, -0.1) is 0 Å². The van der Waals surface area contributed by atoms with Crippen LogP contribution in [-0.4, -0.2) is 63.1 Å². The van der Waals surface area contributed by atoms with E-state index in [2.05, 4.69) is 4.90 Å². The molecule has 1 rings (SSSR count). The Bertz CT molecular complexity index is 591. The Labute approximate surface area is 157 Å². The predicted molar refractivity (Wildman–Crippen MR) is 102 cm³/mol. The van der Waals surface area contributed by atoms with Crippen LogP contribution >= 0.6 is 0 Å². The maximum atomic E-state index is 12.9. The molecule has 1 amide bonds. The highest BCUT2D eigenvalue weighted by Gasteiger charge is 2.30. The van der Waals surface area contributed by atoms with E-state index in [1.807, 2.05) is 59.1 Å². The van der Waals surface area contributed by atoms with E-state index in [0.29, 0.717) is 13.1 Å². The molecule has 0 aromatic heterocycles. The summed E-state index contributed by atoms with van der Waals surface area (Å²) in [5.41, 5.74) is 0.563. The largest absolute Gasteiger partial charge is 0.497 e. The van der Waals surface area contributed by atoms with Gasteiger partial charge in [-0.05, 0) is 31.8 Å². The molecule has 0 heterocycles. The van der Waals surface area contributed by atoms with E-state index in [1.54, 1.807) is 12.0 Å². The third kappa shape index (κ3) is 6.33. The van der Waals surface area contributed by atoms with Crippen molar-refractivity contribution in [1.29, 1.82) is 0 Å². The van der Waals surface area contributed by atoms with Gasteiger partial charge in [0, 0.05) is 18.5 Å². The normalized spacial score (nSPS) is 12.6. The lowest BCUT2D eigenvalue weighted by molar-refractivity contribution is -0.144. The average molecular weight is 364 g/mol. The van der Waals surface area contributed by atoms with Crippen molar-refractivity contribution < 1.29 is 19.1 Å². The lowest BCUT2D eigenvalue weighted by Gasteiger charge is -2.35. The van der Waals surface area contributed by atoms with Crippen LogP contribution < -0.4 is 4.74 Å². The maximum Gasteiger partial charge on any atom is 0.307 e. The molecule has 1 atom stereocenters. The fraction of sp³-hybridized carbons (Fsp3) is 0.600. The Morgan fingerprint density at radius 3 is 2.08 bits per heavy atom. The summed E-state index contributed by atoms with van der Waals surface area (Å²) in [6.07, 6.45) is 0.182. The molecule has 0 fully saturated rings. The predicted octanol–water partition coefficient (Wildman–Crippen LogP) is 2.74. The van der Waals surface area contributed by atoms with Crippen molar-refractivity contribution in [3.8, 4) is 5.75 Å². The molecular weight excluding hydrogens is 332 g/mol. The molecule has 0 spiro atoms. The number of nitrogens with zero attached hydrogens (tertiary/aromatic N) is 2. The number of hydrogen-bond donors (Lipinski definition) is 0. The summed E-state index contributed by atoms with van der Waals surface area (Å²) in [4.78, 5) is 28.3. The van der Waals surface area contributed by atoms with Crippen LogP contribution in [0.15, 0.2) is 24.3 Å². The molecule has 0 saturated heterocycles. The zero-order valence-electron chi connectivity index (χ0n) is 17.0. The van der Waals surface area contributed by atoms with Crippen molar-refractivity contribution in [2.75, 3.05) is 41.4 Å². The van der Waals surface area contributed by atoms with Crippen LogP contribution in [0.4, 0.5) is 0 Å². The zero-order chi connectivity index (χ0) is 19.9. The molecule has 26 heavy (non-hydrogen) atoms. The highest BCUT2D eigenvalue weighted by Crippen LogP contribution is 2.25. The molecule has 1 unspecified atom stereocenters. The standard InChI is InChI=1S/C20H32N2O4/c1-20(2,3)19(24)22(13-12-18(23)26-7)14-17(21(4)5)15-8-10-16(25-6)11-9-15/h8-11,17H,12-14H2,1-7H3. The van der Waals surface area contributed by atoms with E-state index in [9.17, 15) is 9.59 Å². The number of benzene rings is 1. The monoisotopic (exact) mass is 364 g/mol. The van der Waals surface area contributed by atoms with E-state index in [0.717, 1.165) is 11.3 Å². The first-order valence-electron chi connectivity index (χ1n) is 8.76. The number of rotatable bonds is 8. The van der Waals surface area contributed by atoms with Crippen LogP contribution in [0.25, 0.3) is 0 Å². The van der Waals surface area contributed by atoms with Gasteiger partial charge in [-0.3, -0.25) is 9.59 Å². The molecule has 1 aromatic carbocycles. The van der Waals surface area contributed by atoms with Gasteiger partial charge in [0.05, 0.1) is 26.7 Å². The molecule has 6 nitrogen and oxygen atoms in total. The van der Waals surface area contributed by atoms with Gasteiger partial charge in [-0.1, -0.05) is 32.9 Å². The molecule has 0 N–H and O–H groups in total. The van der Waals surface area contributed by atoms with Crippen LogP contribution in [0.2, 0.25) is 0 Å². The molecule has 0 radical (unpaired) electrons. The number of carbonyl (C=O) groups excluding carboxylic acids is 2. The van der Waals surface area contributed by atoms with E-state index in [1.165, 1.54) is 7.11 Å². The molecule has 1 aromatic rings. The zero-order valence-corrected chi connectivity index (χ0v) is 17.0. The number of esters is 1. The van der Waals surface area contributed by atoms with E-state index in [4.69, 9.17) is 9.47 Å². The second-order valence-electron chi connectivity index (χ2n) is 7.58. The highest BCUT2D eigenvalue weighted by molar-refractivity contribution is 5.82. The summed E-state index contributed by atoms with van der Waals surface area (Å²) in [6.45, 7) is 6.49. The first kappa shape index (κ1) is 22.0. The Hall–Kier alpha value is -2.08. The Balaban J connectivity index is 3.05. The quantitative estimate of drug-likeness (QED) is 0.664. The van der Waals surface area contributed by atoms with Crippen LogP contribution in [-0.2, 0) is 14.3 Å². The summed E-state index contributed by atoms with van der Waals surface area (Å²) in [7, 11) is 6.96. The number of likely N-dealkylation sites (N-methyl/N-ethyl adjacent to an activating group) is 1. The maximum absolute atomic E-state index is 12.9. The number of amides is 1. The van der Waals surface area contributed by atoms with Crippen molar-refractivity contribution in [2.45, 2.75) is 33.2 Å². The number of hydrogen-bond acceptors (Lipinski definition) is 5. The first-order valence-corrected chi connectivity index (χ1v) is 8.76. The third-order valence-corrected chi connectivity index (χ3v) is 4.26. The highest BCUT2D eigenvalue weighted by atomic mass is 16.5. The van der Waals surface area contributed by atoms with Gasteiger partial charge in [0.1, 0.15) is 5.75 Å². The Kier molecular flexibility index (Phi) is 8.08. The van der Waals surface area contributed by atoms with Crippen LogP contribution in [0.3, 0.4) is 0 Å². The molecular formula is C20H32N2O4. The second-order valence-corrected chi connectivity index (χ2v) is 7.58. The average Bonchev–Trinajstić information content (AvgIpc) is 2.60. The smallest absolute Gasteiger partial charge is 0.307 e. The summed E-state index contributed by atoms with van der Waals surface area (Å²) >= 11 is 0. The van der Waals surface area contributed by atoms with Crippen LogP contribution in [0.5, 0.6) is 5.75 Å². The van der Waals surface area contributed by atoms with Gasteiger partial charge >= 0.3 is 5.97 Å². The first-order chi connectivity index (χ1) is 12.1. The van der Waals surface area contributed by atoms with Gasteiger partial charge < -0.3 is 19.3 Å². The molecule has 0 saturated carbocycles. The third-order valence-electron chi connectivity index (χ3n) is 4.26. The minimum atomic E-state index is -0.521. The number of carbonyl (C=O) groups is 2. The fourth-order valence-electron chi connectivity index (χ4n) is 2.68.